The van der Waals surface area contributed by atoms with Gasteiger partial charge in [-0.05, 0) is 49.2 Å². The summed E-state index contributed by atoms with van der Waals surface area (Å²) in [6.45, 7) is 8.65. The second-order valence-corrected chi connectivity index (χ2v) is 5.93. The highest BCUT2D eigenvalue weighted by atomic mass is 15.1. The molecule has 108 valence electrons. The Bertz CT molecular complexity index is 813. The van der Waals surface area contributed by atoms with E-state index in [0.717, 1.165) is 22.5 Å². The fourth-order valence-electron chi connectivity index (χ4n) is 2.73. The van der Waals surface area contributed by atoms with Gasteiger partial charge in [-0.1, -0.05) is 26.0 Å². The van der Waals surface area contributed by atoms with E-state index < -0.39 is 0 Å². The van der Waals surface area contributed by atoms with Gasteiger partial charge >= 0.3 is 0 Å². The van der Waals surface area contributed by atoms with Gasteiger partial charge in [0.2, 0.25) is 0 Å². The van der Waals surface area contributed by atoms with Crippen LogP contribution in [0.15, 0.2) is 36.4 Å². The quantitative estimate of drug-likeness (QED) is 0.709. The zero-order valence-electron chi connectivity index (χ0n) is 13.0. The van der Waals surface area contributed by atoms with Crippen molar-refractivity contribution in [2.24, 2.45) is 0 Å². The molecule has 3 rings (SSSR count). The number of aromatic nitrogens is 2. The summed E-state index contributed by atoms with van der Waals surface area (Å²) in [6.07, 6.45) is 0. The van der Waals surface area contributed by atoms with Crippen molar-refractivity contribution in [2.75, 3.05) is 5.73 Å². The van der Waals surface area contributed by atoms with E-state index in [9.17, 15) is 0 Å². The number of hydrogen-bond acceptors (Lipinski definition) is 2. The second kappa shape index (κ2) is 4.92. The number of nitrogen functional groups attached to an aromatic ring is 1. The lowest BCUT2D eigenvalue weighted by Crippen LogP contribution is -2.05. The average Bonchev–Trinajstić information content (AvgIpc) is 2.80. The molecular weight excluding hydrogens is 258 g/mol. The number of nitrogens with zero attached hydrogens (tertiary/aromatic N) is 2. The van der Waals surface area contributed by atoms with Gasteiger partial charge in [-0.2, -0.15) is 0 Å². The lowest BCUT2D eigenvalue weighted by Gasteiger charge is -2.15. The van der Waals surface area contributed by atoms with Crippen molar-refractivity contribution in [3.63, 3.8) is 0 Å². The minimum atomic E-state index is 0.346. The summed E-state index contributed by atoms with van der Waals surface area (Å²) in [5, 5.41) is 0. The summed E-state index contributed by atoms with van der Waals surface area (Å²) in [7, 11) is 0. The van der Waals surface area contributed by atoms with Crippen molar-refractivity contribution in [2.45, 2.75) is 33.6 Å². The van der Waals surface area contributed by atoms with Gasteiger partial charge in [-0.3, -0.25) is 4.57 Å². The van der Waals surface area contributed by atoms with Crippen LogP contribution in [-0.4, -0.2) is 9.55 Å². The predicted octanol–water partition coefficient (Wildman–Crippen LogP) is 4.35. The molecule has 2 aromatic carbocycles. The Labute approximate surface area is 125 Å². The molecule has 0 bridgehead atoms. The summed E-state index contributed by atoms with van der Waals surface area (Å²) in [6, 6.07) is 12.4. The van der Waals surface area contributed by atoms with Crippen molar-refractivity contribution in [3.8, 4) is 5.69 Å². The minimum Gasteiger partial charge on any atom is -0.399 e. The van der Waals surface area contributed by atoms with E-state index in [1.807, 2.05) is 12.1 Å². The first-order valence-corrected chi connectivity index (χ1v) is 7.33. The van der Waals surface area contributed by atoms with Gasteiger partial charge < -0.3 is 5.73 Å². The lowest BCUT2D eigenvalue weighted by atomic mass is 10.1. The third kappa shape index (κ3) is 2.19. The summed E-state index contributed by atoms with van der Waals surface area (Å²) in [5.74, 6) is 1.42. The van der Waals surface area contributed by atoms with Crippen LogP contribution < -0.4 is 5.73 Å². The van der Waals surface area contributed by atoms with Gasteiger partial charge in [0.05, 0.1) is 16.7 Å². The van der Waals surface area contributed by atoms with E-state index in [2.05, 4.69) is 56.5 Å². The van der Waals surface area contributed by atoms with Crippen molar-refractivity contribution in [1.82, 2.24) is 9.55 Å². The fourth-order valence-corrected chi connectivity index (χ4v) is 2.73. The number of aryl methyl sites for hydroxylation is 1. The Kier molecular flexibility index (Phi) is 3.20. The first kappa shape index (κ1) is 13.7. The number of nitrogens with two attached hydrogens (primary N) is 1. The van der Waals surface area contributed by atoms with Gasteiger partial charge in [0.15, 0.2) is 0 Å². The highest BCUT2D eigenvalue weighted by Crippen LogP contribution is 2.29. The Morgan fingerprint density at radius 3 is 2.57 bits per heavy atom. The number of rotatable bonds is 2. The van der Waals surface area contributed by atoms with E-state index in [4.69, 9.17) is 10.7 Å². The number of anilines is 1. The number of imidazole rings is 1. The Morgan fingerprint density at radius 1 is 1.10 bits per heavy atom. The zero-order valence-corrected chi connectivity index (χ0v) is 13.0. The lowest BCUT2D eigenvalue weighted by molar-refractivity contribution is 0.758. The third-order valence-corrected chi connectivity index (χ3v) is 4.04. The molecule has 0 radical (unpaired) electrons. The minimum absolute atomic E-state index is 0.346. The third-order valence-electron chi connectivity index (χ3n) is 4.04. The number of fused-ring (bicyclic) bond motifs is 1. The molecule has 3 heteroatoms. The smallest absolute Gasteiger partial charge is 0.117 e. The van der Waals surface area contributed by atoms with Crippen LogP contribution in [0.25, 0.3) is 16.7 Å². The number of hydrogen-bond donors (Lipinski definition) is 1. The van der Waals surface area contributed by atoms with Gasteiger partial charge in [-0.15, -0.1) is 0 Å². The molecule has 21 heavy (non-hydrogen) atoms. The summed E-state index contributed by atoms with van der Waals surface area (Å²) >= 11 is 0. The van der Waals surface area contributed by atoms with Gasteiger partial charge in [0, 0.05) is 11.6 Å². The maximum absolute atomic E-state index is 5.90. The van der Waals surface area contributed by atoms with E-state index >= 15 is 0 Å². The summed E-state index contributed by atoms with van der Waals surface area (Å²) < 4.78 is 2.27. The molecule has 0 aliphatic carbocycles. The molecule has 1 aromatic heterocycles. The molecule has 0 spiro atoms. The van der Waals surface area contributed by atoms with Crippen molar-refractivity contribution in [1.29, 1.82) is 0 Å². The van der Waals surface area contributed by atoms with Crippen molar-refractivity contribution in [3.05, 3.63) is 53.3 Å². The van der Waals surface area contributed by atoms with Crippen LogP contribution in [0.5, 0.6) is 0 Å². The van der Waals surface area contributed by atoms with Crippen LogP contribution in [0.3, 0.4) is 0 Å². The van der Waals surface area contributed by atoms with E-state index in [0.29, 0.717) is 5.92 Å². The van der Waals surface area contributed by atoms with Gasteiger partial charge in [-0.25, -0.2) is 4.98 Å². The molecule has 3 aromatic rings. The zero-order chi connectivity index (χ0) is 15.1. The Hall–Kier alpha value is -2.29. The molecule has 2 N–H and O–H groups in total. The van der Waals surface area contributed by atoms with Crippen LogP contribution in [0.2, 0.25) is 0 Å². The monoisotopic (exact) mass is 279 g/mol. The van der Waals surface area contributed by atoms with Crippen molar-refractivity contribution >= 4 is 16.7 Å². The normalized spacial score (nSPS) is 11.5. The SMILES string of the molecule is Cc1cccc(-n2c(C(C)C)nc3cc(N)ccc32)c1C. The first-order valence-electron chi connectivity index (χ1n) is 7.33. The maximum atomic E-state index is 5.90. The van der Waals surface area contributed by atoms with E-state index in [1.54, 1.807) is 0 Å². The van der Waals surface area contributed by atoms with Crippen molar-refractivity contribution < 1.29 is 0 Å². The van der Waals surface area contributed by atoms with Crippen LogP contribution in [-0.2, 0) is 0 Å². The fraction of sp³-hybridized carbons (Fsp3) is 0.278. The molecule has 0 aliphatic rings. The topological polar surface area (TPSA) is 43.8 Å². The standard InChI is InChI=1S/C18H21N3/c1-11(2)18-20-15-10-14(19)8-9-17(15)21(18)16-7-5-6-12(3)13(16)4/h5-11H,19H2,1-4H3. The molecule has 0 aliphatic heterocycles. The second-order valence-electron chi connectivity index (χ2n) is 5.93. The number of benzene rings is 2. The van der Waals surface area contributed by atoms with Crippen LogP contribution in [0, 0.1) is 13.8 Å². The van der Waals surface area contributed by atoms with Gasteiger partial charge in [0.25, 0.3) is 0 Å². The molecule has 0 amide bonds. The molecule has 3 nitrogen and oxygen atoms in total. The first-order chi connectivity index (χ1) is 9.99. The highest BCUT2D eigenvalue weighted by molar-refractivity contribution is 5.82. The molecule has 1 heterocycles. The maximum Gasteiger partial charge on any atom is 0.117 e. The largest absolute Gasteiger partial charge is 0.399 e. The van der Waals surface area contributed by atoms with Crippen LogP contribution in [0.1, 0.15) is 36.7 Å². The van der Waals surface area contributed by atoms with Gasteiger partial charge in [0.1, 0.15) is 5.82 Å². The Balaban J connectivity index is 2.39. The molecule has 0 unspecified atom stereocenters. The molecule has 0 fully saturated rings. The van der Waals surface area contributed by atoms with E-state index in [1.165, 1.54) is 16.8 Å². The molecular formula is C18H21N3. The summed E-state index contributed by atoms with van der Waals surface area (Å²) in [4.78, 5) is 4.80. The molecule has 0 saturated heterocycles. The average molecular weight is 279 g/mol. The predicted molar refractivity (Wildman–Crippen MR) is 89.0 cm³/mol. The Morgan fingerprint density at radius 2 is 1.86 bits per heavy atom. The van der Waals surface area contributed by atoms with Crippen LogP contribution >= 0.6 is 0 Å². The summed E-state index contributed by atoms with van der Waals surface area (Å²) in [5.41, 5.74) is 12.5. The molecule has 0 atom stereocenters. The molecule has 0 saturated carbocycles. The van der Waals surface area contributed by atoms with E-state index in [-0.39, 0.29) is 0 Å². The van der Waals surface area contributed by atoms with Crippen LogP contribution in [0.4, 0.5) is 5.69 Å². The highest BCUT2D eigenvalue weighted by Gasteiger charge is 2.16.